The van der Waals surface area contributed by atoms with Crippen molar-refractivity contribution in [1.82, 2.24) is 9.55 Å². The van der Waals surface area contributed by atoms with Crippen LogP contribution in [0.2, 0.25) is 0 Å². The van der Waals surface area contributed by atoms with Crippen molar-refractivity contribution in [3.05, 3.63) is 18.2 Å². The Hall–Kier alpha value is -0.480. The lowest BCUT2D eigenvalue weighted by molar-refractivity contribution is 0.492. The number of hydrogen-bond acceptors (Lipinski definition) is 3. The molecule has 0 amide bonds. The summed E-state index contributed by atoms with van der Waals surface area (Å²) >= 11 is 1.85. The molecule has 0 spiro atoms. The Morgan fingerprint density at radius 1 is 1.64 bits per heavy atom. The van der Waals surface area contributed by atoms with Crippen molar-refractivity contribution in [2.45, 2.75) is 38.1 Å². The van der Waals surface area contributed by atoms with Crippen LogP contribution in [0.4, 0.5) is 0 Å². The van der Waals surface area contributed by atoms with Gasteiger partial charge in [0.05, 0.1) is 17.6 Å². The van der Waals surface area contributed by atoms with Gasteiger partial charge >= 0.3 is 0 Å². The molecule has 80 valence electrons. The number of aromatic nitrogens is 2. The number of nitrogens with zero attached hydrogens (tertiary/aromatic N) is 2. The quantitative estimate of drug-likeness (QED) is 0.830. The molecule has 2 N–H and O–H groups in total. The first kappa shape index (κ1) is 11.6. The molecule has 1 heterocycles. The van der Waals surface area contributed by atoms with Crippen molar-refractivity contribution in [3.63, 3.8) is 0 Å². The second kappa shape index (κ2) is 4.36. The van der Waals surface area contributed by atoms with Gasteiger partial charge in [0.2, 0.25) is 0 Å². The highest BCUT2D eigenvalue weighted by Gasteiger charge is 2.19. The lowest BCUT2D eigenvalue weighted by Gasteiger charge is -2.22. The largest absolute Gasteiger partial charge is 0.332 e. The van der Waals surface area contributed by atoms with Gasteiger partial charge in [0.15, 0.2) is 0 Å². The Bertz CT molecular complexity index is 288. The number of thioether (sulfide) groups is 1. The summed E-state index contributed by atoms with van der Waals surface area (Å²) in [6, 6.07) is 0. The van der Waals surface area contributed by atoms with Gasteiger partial charge < -0.3 is 10.3 Å². The molecular weight excluding hydrogens is 194 g/mol. The molecular formula is C10H19N3S. The zero-order valence-electron chi connectivity index (χ0n) is 9.32. The van der Waals surface area contributed by atoms with Crippen LogP contribution >= 0.6 is 11.8 Å². The summed E-state index contributed by atoms with van der Waals surface area (Å²) in [6.07, 6.45) is 5.83. The molecule has 0 aliphatic carbocycles. The zero-order chi connectivity index (χ0) is 10.8. The molecule has 1 unspecified atom stereocenters. The highest BCUT2D eigenvalue weighted by atomic mass is 32.2. The van der Waals surface area contributed by atoms with Crippen molar-refractivity contribution in [2.75, 3.05) is 6.26 Å². The van der Waals surface area contributed by atoms with E-state index in [0.717, 1.165) is 12.2 Å². The molecule has 0 fully saturated rings. The van der Waals surface area contributed by atoms with Gasteiger partial charge in [-0.3, -0.25) is 0 Å². The molecule has 1 aromatic heterocycles. The zero-order valence-corrected chi connectivity index (χ0v) is 10.1. The minimum atomic E-state index is -0.311. The van der Waals surface area contributed by atoms with Gasteiger partial charge in [-0.2, -0.15) is 11.8 Å². The number of nitrogens with two attached hydrogens (primary N) is 1. The van der Waals surface area contributed by atoms with E-state index in [1.54, 1.807) is 0 Å². The molecule has 0 aromatic carbocycles. The fraction of sp³-hybridized carbons (Fsp3) is 0.700. The summed E-state index contributed by atoms with van der Waals surface area (Å²) in [6.45, 7) is 7.18. The van der Waals surface area contributed by atoms with Crippen LogP contribution in [0.15, 0.2) is 12.5 Å². The number of imidazole rings is 1. The van der Waals surface area contributed by atoms with Gasteiger partial charge in [0.1, 0.15) is 0 Å². The maximum Gasteiger partial charge on any atom is 0.0949 e. The summed E-state index contributed by atoms with van der Waals surface area (Å²) in [4.78, 5) is 4.15. The van der Waals surface area contributed by atoms with Crippen LogP contribution in [0.5, 0.6) is 0 Å². The molecule has 0 aliphatic heterocycles. The molecule has 1 atom stereocenters. The topological polar surface area (TPSA) is 43.8 Å². The highest BCUT2D eigenvalue weighted by molar-refractivity contribution is 7.99. The predicted molar refractivity (Wildman–Crippen MR) is 62.4 cm³/mol. The van der Waals surface area contributed by atoms with E-state index in [-0.39, 0.29) is 5.54 Å². The molecule has 1 rings (SSSR count). The fourth-order valence-corrected chi connectivity index (χ4v) is 1.66. The second-order valence-electron chi connectivity index (χ2n) is 4.20. The third kappa shape index (κ3) is 2.75. The second-order valence-corrected chi connectivity index (χ2v) is 5.48. The van der Waals surface area contributed by atoms with Gasteiger partial charge in [0, 0.05) is 18.0 Å². The van der Waals surface area contributed by atoms with E-state index in [4.69, 9.17) is 5.73 Å². The normalized spacial score (nSPS) is 14.4. The minimum Gasteiger partial charge on any atom is -0.332 e. The van der Waals surface area contributed by atoms with E-state index in [9.17, 15) is 0 Å². The fourth-order valence-electron chi connectivity index (χ4n) is 1.35. The standard InChI is InChI=1S/C10H19N3S/c1-8(14-4)6-13-7-12-5-9(13)10(2,3)11/h5,7-8H,6,11H2,1-4H3. The van der Waals surface area contributed by atoms with E-state index in [2.05, 4.69) is 22.7 Å². The first-order valence-electron chi connectivity index (χ1n) is 4.77. The molecule has 0 aliphatic rings. The van der Waals surface area contributed by atoms with E-state index >= 15 is 0 Å². The molecule has 1 aromatic rings. The Morgan fingerprint density at radius 2 is 2.29 bits per heavy atom. The van der Waals surface area contributed by atoms with Crippen LogP contribution in [-0.4, -0.2) is 21.1 Å². The molecule has 3 nitrogen and oxygen atoms in total. The van der Waals surface area contributed by atoms with Crippen LogP contribution in [0.1, 0.15) is 26.5 Å². The summed E-state index contributed by atoms with van der Waals surface area (Å²) in [7, 11) is 0. The van der Waals surface area contributed by atoms with Crippen molar-refractivity contribution < 1.29 is 0 Å². The first-order chi connectivity index (χ1) is 6.45. The molecule has 4 heteroatoms. The molecule has 0 saturated carbocycles. The summed E-state index contributed by atoms with van der Waals surface area (Å²) < 4.78 is 2.14. The van der Waals surface area contributed by atoms with E-state index < -0.39 is 0 Å². The van der Waals surface area contributed by atoms with Crippen molar-refractivity contribution >= 4 is 11.8 Å². The average Bonchev–Trinajstić information content (AvgIpc) is 2.51. The number of rotatable bonds is 4. The third-order valence-electron chi connectivity index (χ3n) is 2.23. The van der Waals surface area contributed by atoms with Crippen molar-refractivity contribution in [2.24, 2.45) is 5.73 Å². The van der Waals surface area contributed by atoms with E-state index in [1.807, 2.05) is 38.1 Å². The number of hydrogen-bond donors (Lipinski definition) is 1. The summed E-state index contributed by atoms with van der Waals surface area (Å²) in [5, 5.41) is 0.588. The summed E-state index contributed by atoms with van der Waals surface area (Å²) in [5.74, 6) is 0. The van der Waals surface area contributed by atoms with Crippen LogP contribution in [0.3, 0.4) is 0 Å². The first-order valence-corrected chi connectivity index (χ1v) is 6.06. The van der Waals surface area contributed by atoms with Gasteiger partial charge in [-0.15, -0.1) is 0 Å². The van der Waals surface area contributed by atoms with Crippen LogP contribution in [-0.2, 0) is 12.1 Å². The van der Waals surface area contributed by atoms with E-state index in [0.29, 0.717) is 5.25 Å². The Balaban J connectivity index is 2.83. The maximum atomic E-state index is 6.05. The van der Waals surface area contributed by atoms with Crippen LogP contribution in [0.25, 0.3) is 0 Å². The van der Waals surface area contributed by atoms with Crippen LogP contribution in [0, 0.1) is 0 Å². The SMILES string of the molecule is CSC(C)Cn1cncc1C(C)(C)N. The van der Waals surface area contributed by atoms with Gasteiger partial charge in [0.25, 0.3) is 0 Å². The molecule has 0 bridgehead atoms. The molecule has 14 heavy (non-hydrogen) atoms. The average molecular weight is 213 g/mol. The minimum absolute atomic E-state index is 0.311. The predicted octanol–water partition coefficient (Wildman–Crippen LogP) is 1.83. The lowest BCUT2D eigenvalue weighted by Crippen LogP contribution is -2.32. The van der Waals surface area contributed by atoms with E-state index in [1.165, 1.54) is 0 Å². The van der Waals surface area contributed by atoms with Gasteiger partial charge in [-0.05, 0) is 20.1 Å². The monoisotopic (exact) mass is 213 g/mol. The molecule has 0 radical (unpaired) electrons. The van der Waals surface area contributed by atoms with Gasteiger partial charge in [-0.25, -0.2) is 4.98 Å². The molecule has 0 saturated heterocycles. The van der Waals surface area contributed by atoms with Crippen LogP contribution < -0.4 is 5.73 Å². The third-order valence-corrected chi connectivity index (χ3v) is 3.18. The van der Waals surface area contributed by atoms with Crippen molar-refractivity contribution in [3.8, 4) is 0 Å². The summed E-state index contributed by atoms with van der Waals surface area (Å²) in [5.41, 5.74) is 6.84. The smallest absolute Gasteiger partial charge is 0.0949 e. The highest BCUT2D eigenvalue weighted by Crippen LogP contribution is 2.18. The van der Waals surface area contributed by atoms with Crippen molar-refractivity contribution in [1.29, 1.82) is 0 Å². The Kier molecular flexibility index (Phi) is 3.61. The maximum absolute atomic E-state index is 6.05. The lowest BCUT2D eigenvalue weighted by atomic mass is 10.0. The Morgan fingerprint density at radius 3 is 2.79 bits per heavy atom. The Labute approximate surface area is 90.1 Å². The van der Waals surface area contributed by atoms with Gasteiger partial charge in [-0.1, -0.05) is 6.92 Å².